The quantitative estimate of drug-likeness (QED) is 0.732. The molecule has 0 aliphatic rings. The molecule has 0 aliphatic carbocycles. The molecule has 0 spiro atoms. The second-order valence-electron chi connectivity index (χ2n) is 5.35. The Morgan fingerprint density at radius 2 is 1.52 bits per heavy atom. The summed E-state index contributed by atoms with van der Waals surface area (Å²) < 4.78 is 4.99. The van der Waals surface area contributed by atoms with Crippen LogP contribution in [0.2, 0.25) is 0 Å². The first-order valence-electron chi connectivity index (χ1n) is 7.86. The smallest absolute Gasteiger partial charge is 0.320 e. The fourth-order valence-electron chi connectivity index (χ4n) is 2.38. The van der Waals surface area contributed by atoms with E-state index in [0.717, 1.165) is 0 Å². The zero-order valence-corrected chi connectivity index (χ0v) is 13.7. The fraction of sp³-hybridized carbons (Fsp3) is 0.250. The Labute approximate surface area is 138 Å². The van der Waals surface area contributed by atoms with Crippen molar-refractivity contribution >= 4 is 11.5 Å². The zero-order chi connectivity index (χ0) is 16.5. The van der Waals surface area contributed by atoms with E-state index in [9.17, 15) is 4.79 Å². The Morgan fingerprint density at radius 3 is 2.00 bits per heavy atom. The molecule has 0 radical (unpaired) electrons. The third-order valence-corrected chi connectivity index (χ3v) is 3.48. The highest BCUT2D eigenvalue weighted by atomic mass is 16.5. The summed E-state index contributed by atoms with van der Waals surface area (Å²) >= 11 is 0. The molecule has 0 saturated heterocycles. The van der Waals surface area contributed by atoms with E-state index in [1.54, 1.807) is 0 Å². The number of ether oxygens (including phenoxy) is 1. The van der Waals surface area contributed by atoms with Gasteiger partial charge in [0.1, 0.15) is 0 Å². The number of hydrogen-bond acceptors (Lipinski definition) is 3. The summed E-state index contributed by atoms with van der Waals surface area (Å²) in [5.74, 6) is -0.190. The molecule has 120 valence electrons. The van der Waals surface area contributed by atoms with E-state index in [2.05, 4.69) is 30.3 Å². The van der Waals surface area contributed by atoms with Gasteiger partial charge >= 0.3 is 5.97 Å². The fourth-order valence-corrected chi connectivity index (χ4v) is 2.38. The minimum Gasteiger partial charge on any atom is -0.465 e. The van der Waals surface area contributed by atoms with E-state index < -0.39 is 0 Å². The number of rotatable bonds is 7. The summed E-state index contributed by atoms with van der Waals surface area (Å²) in [4.78, 5) is 13.5. The molecule has 0 unspecified atom stereocenters. The molecule has 0 heterocycles. The van der Waals surface area contributed by atoms with Crippen LogP contribution in [0.1, 0.15) is 18.1 Å². The zero-order valence-electron chi connectivity index (χ0n) is 13.7. The van der Waals surface area contributed by atoms with Gasteiger partial charge in [-0.05, 0) is 30.7 Å². The van der Waals surface area contributed by atoms with Crippen LogP contribution in [0.3, 0.4) is 0 Å². The van der Waals surface area contributed by atoms with Gasteiger partial charge in [0.05, 0.1) is 13.2 Å². The van der Waals surface area contributed by atoms with Crippen LogP contribution in [0.5, 0.6) is 0 Å². The van der Waals surface area contributed by atoms with E-state index in [1.165, 1.54) is 16.7 Å². The highest BCUT2D eigenvalue weighted by Crippen LogP contribution is 2.22. The molecule has 0 aliphatic heterocycles. The van der Waals surface area contributed by atoms with E-state index in [0.29, 0.717) is 19.7 Å². The number of benzene rings is 2. The summed E-state index contributed by atoms with van der Waals surface area (Å²) in [7, 11) is 1.92. The summed E-state index contributed by atoms with van der Waals surface area (Å²) in [5.41, 5.74) is 3.51. The molecule has 0 aromatic heterocycles. The van der Waals surface area contributed by atoms with E-state index in [1.807, 2.05) is 55.3 Å². The van der Waals surface area contributed by atoms with E-state index in [-0.39, 0.29) is 5.97 Å². The van der Waals surface area contributed by atoms with Crippen LogP contribution in [0, 0.1) is 0 Å². The molecule has 0 bridgehead atoms. The number of nitrogens with zero attached hydrogens (tertiary/aromatic N) is 1. The predicted molar refractivity (Wildman–Crippen MR) is 94.1 cm³/mol. The van der Waals surface area contributed by atoms with Crippen LogP contribution in [0.25, 0.3) is 5.57 Å². The highest BCUT2D eigenvalue weighted by molar-refractivity contribution is 5.79. The summed E-state index contributed by atoms with van der Waals surface area (Å²) in [5, 5.41) is 0. The predicted octanol–water partition coefficient (Wildman–Crippen LogP) is 3.61. The maximum atomic E-state index is 11.6. The first-order valence-corrected chi connectivity index (χ1v) is 7.86. The highest BCUT2D eigenvalue weighted by Gasteiger charge is 2.08. The van der Waals surface area contributed by atoms with Crippen molar-refractivity contribution in [1.82, 2.24) is 4.90 Å². The molecule has 0 amide bonds. The van der Waals surface area contributed by atoms with Crippen molar-refractivity contribution in [3.63, 3.8) is 0 Å². The third-order valence-electron chi connectivity index (χ3n) is 3.48. The average Bonchev–Trinajstić information content (AvgIpc) is 2.57. The topological polar surface area (TPSA) is 29.5 Å². The molecule has 3 nitrogen and oxygen atoms in total. The Morgan fingerprint density at radius 1 is 1.00 bits per heavy atom. The van der Waals surface area contributed by atoms with Crippen molar-refractivity contribution < 1.29 is 9.53 Å². The van der Waals surface area contributed by atoms with Crippen molar-refractivity contribution in [1.29, 1.82) is 0 Å². The van der Waals surface area contributed by atoms with Crippen molar-refractivity contribution in [2.45, 2.75) is 6.92 Å². The number of carbonyl (C=O) groups excluding carboxylic acids is 1. The van der Waals surface area contributed by atoms with Crippen LogP contribution in [-0.4, -0.2) is 37.6 Å². The Bertz CT molecular complexity index is 594. The van der Waals surface area contributed by atoms with Crippen LogP contribution in [0.15, 0.2) is 66.7 Å². The first kappa shape index (κ1) is 17.0. The second kappa shape index (κ2) is 8.91. The monoisotopic (exact) mass is 309 g/mol. The van der Waals surface area contributed by atoms with Crippen LogP contribution < -0.4 is 0 Å². The maximum Gasteiger partial charge on any atom is 0.320 e. The van der Waals surface area contributed by atoms with Gasteiger partial charge in [-0.3, -0.25) is 9.69 Å². The molecule has 2 rings (SSSR count). The van der Waals surface area contributed by atoms with Crippen LogP contribution in [0.4, 0.5) is 0 Å². The van der Waals surface area contributed by atoms with Gasteiger partial charge in [-0.15, -0.1) is 0 Å². The summed E-state index contributed by atoms with van der Waals surface area (Å²) in [6, 6.07) is 20.6. The first-order chi connectivity index (χ1) is 11.2. The van der Waals surface area contributed by atoms with Gasteiger partial charge in [0, 0.05) is 6.54 Å². The van der Waals surface area contributed by atoms with Crippen molar-refractivity contribution in [3.8, 4) is 0 Å². The third kappa shape index (κ3) is 5.38. The number of esters is 1. The van der Waals surface area contributed by atoms with Gasteiger partial charge in [0.15, 0.2) is 0 Å². The van der Waals surface area contributed by atoms with Crippen molar-refractivity contribution in [3.05, 3.63) is 77.9 Å². The molecule has 23 heavy (non-hydrogen) atoms. The van der Waals surface area contributed by atoms with Gasteiger partial charge in [-0.1, -0.05) is 66.7 Å². The lowest BCUT2D eigenvalue weighted by Gasteiger charge is -2.15. The maximum absolute atomic E-state index is 11.6. The number of carbonyl (C=O) groups is 1. The normalized spacial score (nSPS) is 10.4. The SMILES string of the molecule is CCOC(=O)CN(C)CC=C(c1ccccc1)c1ccccc1. The Hall–Kier alpha value is -2.39. The van der Waals surface area contributed by atoms with E-state index >= 15 is 0 Å². The molecule has 0 saturated carbocycles. The molecule has 0 atom stereocenters. The van der Waals surface area contributed by atoms with Crippen LogP contribution >= 0.6 is 0 Å². The molecule has 3 heteroatoms. The average molecular weight is 309 g/mol. The van der Waals surface area contributed by atoms with Gasteiger partial charge in [0.25, 0.3) is 0 Å². The molecular formula is C20H23NO2. The minimum absolute atomic E-state index is 0.190. The lowest BCUT2D eigenvalue weighted by Crippen LogP contribution is -2.27. The number of likely N-dealkylation sites (N-methyl/N-ethyl adjacent to an activating group) is 1. The van der Waals surface area contributed by atoms with E-state index in [4.69, 9.17) is 4.74 Å². The number of hydrogen-bond donors (Lipinski definition) is 0. The van der Waals surface area contributed by atoms with Crippen LogP contribution in [-0.2, 0) is 9.53 Å². The lowest BCUT2D eigenvalue weighted by molar-refractivity contribution is -0.143. The molecule has 2 aromatic carbocycles. The van der Waals surface area contributed by atoms with Crippen molar-refractivity contribution in [2.75, 3.05) is 26.7 Å². The molecule has 2 aromatic rings. The Balaban J connectivity index is 2.16. The van der Waals surface area contributed by atoms with Crippen molar-refractivity contribution in [2.24, 2.45) is 0 Å². The molecule has 0 N–H and O–H groups in total. The molecule has 0 fully saturated rings. The van der Waals surface area contributed by atoms with Gasteiger partial charge in [0.2, 0.25) is 0 Å². The largest absolute Gasteiger partial charge is 0.465 e. The Kier molecular flexibility index (Phi) is 6.57. The van der Waals surface area contributed by atoms with Gasteiger partial charge < -0.3 is 4.74 Å². The summed E-state index contributed by atoms with van der Waals surface area (Å²) in [6.07, 6.45) is 2.16. The standard InChI is InChI=1S/C20H23NO2/c1-3-23-20(22)16-21(2)15-14-19(17-10-6-4-7-11-17)18-12-8-5-9-13-18/h4-14H,3,15-16H2,1-2H3. The molecular weight excluding hydrogens is 286 g/mol. The lowest BCUT2D eigenvalue weighted by atomic mass is 9.97. The second-order valence-corrected chi connectivity index (χ2v) is 5.35. The summed E-state index contributed by atoms with van der Waals surface area (Å²) in [6.45, 7) is 3.21. The van der Waals surface area contributed by atoms with Gasteiger partial charge in [-0.2, -0.15) is 0 Å². The van der Waals surface area contributed by atoms with Gasteiger partial charge in [-0.25, -0.2) is 0 Å². The minimum atomic E-state index is -0.190.